The van der Waals surface area contributed by atoms with Gasteiger partial charge < -0.3 is 15.0 Å². The predicted octanol–water partition coefficient (Wildman–Crippen LogP) is 1.64. The Labute approximate surface area is 97.8 Å². The van der Waals surface area contributed by atoms with Crippen LogP contribution in [0.2, 0.25) is 0 Å². The van der Waals surface area contributed by atoms with Crippen LogP contribution in [-0.4, -0.2) is 42.8 Å². The molecule has 0 radical (unpaired) electrons. The smallest absolute Gasteiger partial charge is 0.410 e. The first kappa shape index (κ1) is 14.5. The molecule has 1 rings (SSSR count). The van der Waals surface area contributed by atoms with Crippen LogP contribution in [0.25, 0.3) is 0 Å². The van der Waals surface area contributed by atoms with E-state index in [0.717, 1.165) is 19.5 Å². The number of carbonyl (C=O) groups excluding carboxylic acids is 1. The van der Waals surface area contributed by atoms with E-state index < -0.39 is 5.60 Å². The Morgan fingerprint density at radius 2 is 2.07 bits per heavy atom. The molecule has 1 N–H and O–H groups in total. The van der Waals surface area contributed by atoms with Crippen molar-refractivity contribution < 1.29 is 9.53 Å². The van der Waals surface area contributed by atoms with E-state index in [2.05, 4.69) is 5.32 Å². The lowest BCUT2D eigenvalue weighted by atomic mass is 10.2. The van der Waals surface area contributed by atoms with Crippen molar-refractivity contribution in [3.8, 4) is 0 Å². The molecule has 1 aliphatic heterocycles. The van der Waals surface area contributed by atoms with Gasteiger partial charge in [0.05, 0.1) is 0 Å². The summed E-state index contributed by atoms with van der Waals surface area (Å²) < 4.78 is 5.27. The van der Waals surface area contributed by atoms with Crippen LogP contribution in [0.15, 0.2) is 0 Å². The van der Waals surface area contributed by atoms with Gasteiger partial charge in [-0.3, -0.25) is 0 Å². The lowest BCUT2D eigenvalue weighted by Crippen LogP contribution is -2.37. The molecule has 4 nitrogen and oxygen atoms in total. The second-order valence-electron chi connectivity index (χ2n) is 4.70. The van der Waals surface area contributed by atoms with Gasteiger partial charge in [0.1, 0.15) is 5.60 Å². The summed E-state index contributed by atoms with van der Waals surface area (Å²) in [6.07, 6.45) is 0.811. The van der Waals surface area contributed by atoms with Crippen molar-refractivity contribution in [1.82, 2.24) is 10.2 Å². The quantitative estimate of drug-likeness (QED) is 0.753. The van der Waals surface area contributed by atoms with Crippen molar-refractivity contribution in [2.75, 3.05) is 20.1 Å². The summed E-state index contributed by atoms with van der Waals surface area (Å²) in [7, 11) is 1.92. The van der Waals surface area contributed by atoms with Gasteiger partial charge >= 0.3 is 6.09 Å². The first-order valence-electron chi connectivity index (χ1n) is 5.07. The molecule has 0 aromatic rings. The third-order valence-corrected chi connectivity index (χ3v) is 2.25. The molecule has 1 saturated heterocycles. The van der Waals surface area contributed by atoms with Gasteiger partial charge in [0.2, 0.25) is 0 Å². The molecule has 1 amide bonds. The highest BCUT2D eigenvalue weighted by Crippen LogP contribution is 2.14. The number of ether oxygens (including phenoxy) is 1. The number of amides is 1. The maximum absolute atomic E-state index is 11.6. The lowest BCUT2D eigenvalue weighted by molar-refractivity contribution is 0.0291. The molecule has 0 spiro atoms. The van der Waals surface area contributed by atoms with Crippen LogP contribution < -0.4 is 5.32 Å². The number of likely N-dealkylation sites (tertiary alicyclic amines) is 1. The number of nitrogens with zero attached hydrogens (tertiary/aromatic N) is 1. The minimum Gasteiger partial charge on any atom is -0.444 e. The maximum atomic E-state index is 11.6. The van der Waals surface area contributed by atoms with Crippen LogP contribution in [-0.2, 0) is 4.74 Å². The fourth-order valence-corrected chi connectivity index (χ4v) is 1.49. The van der Waals surface area contributed by atoms with Crippen molar-refractivity contribution in [3.05, 3.63) is 0 Å². The average molecular weight is 237 g/mol. The Kier molecular flexibility index (Phi) is 5.38. The Morgan fingerprint density at radius 1 is 1.47 bits per heavy atom. The molecule has 0 saturated carbocycles. The summed E-state index contributed by atoms with van der Waals surface area (Å²) in [5.41, 5.74) is -0.394. The van der Waals surface area contributed by atoms with Crippen molar-refractivity contribution in [3.63, 3.8) is 0 Å². The topological polar surface area (TPSA) is 41.6 Å². The molecule has 1 atom stereocenters. The van der Waals surface area contributed by atoms with Gasteiger partial charge in [0.25, 0.3) is 0 Å². The fourth-order valence-electron chi connectivity index (χ4n) is 1.49. The first-order chi connectivity index (χ1) is 6.42. The van der Waals surface area contributed by atoms with E-state index in [1.165, 1.54) is 0 Å². The number of halogens is 1. The van der Waals surface area contributed by atoms with E-state index in [1.807, 2.05) is 27.8 Å². The largest absolute Gasteiger partial charge is 0.444 e. The van der Waals surface area contributed by atoms with Crippen LogP contribution in [0.5, 0.6) is 0 Å². The number of carbonyl (C=O) groups is 1. The van der Waals surface area contributed by atoms with Crippen LogP contribution in [0.4, 0.5) is 4.79 Å². The molecule has 0 unspecified atom stereocenters. The third-order valence-electron chi connectivity index (χ3n) is 2.25. The molecular formula is C10H21ClN2O2. The zero-order valence-corrected chi connectivity index (χ0v) is 10.7. The summed E-state index contributed by atoms with van der Waals surface area (Å²) >= 11 is 0. The fraction of sp³-hybridized carbons (Fsp3) is 0.900. The summed E-state index contributed by atoms with van der Waals surface area (Å²) in [5.74, 6) is 0. The van der Waals surface area contributed by atoms with Crippen molar-refractivity contribution in [2.24, 2.45) is 0 Å². The Balaban J connectivity index is 0.00000196. The zero-order valence-electron chi connectivity index (χ0n) is 9.87. The Morgan fingerprint density at radius 3 is 2.47 bits per heavy atom. The number of hydrogen-bond acceptors (Lipinski definition) is 3. The van der Waals surface area contributed by atoms with Gasteiger partial charge in [0.15, 0.2) is 0 Å². The SMILES string of the molecule is CN[C@@H]1CCN(C(=O)OC(C)(C)C)C1.Cl. The minimum absolute atomic E-state index is 0. The highest BCUT2D eigenvalue weighted by atomic mass is 35.5. The zero-order chi connectivity index (χ0) is 10.8. The van der Waals surface area contributed by atoms with Crippen LogP contribution >= 0.6 is 12.4 Å². The molecule has 5 heteroatoms. The van der Waals surface area contributed by atoms with Gasteiger partial charge in [0, 0.05) is 19.1 Å². The van der Waals surface area contributed by atoms with Crippen molar-refractivity contribution >= 4 is 18.5 Å². The van der Waals surface area contributed by atoms with Gasteiger partial charge in [-0.1, -0.05) is 0 Å². The normalized spacial score (nSPS) is 21.1. The molecule has 1 fully saturated rings. The lowest BCUT2D eigenvalue weighted by Gasteiger charge is -2.24. The summed E-state index contributed by atoms with van der Waals surface area (Å²) in [4.78, 5) is 13.4. The monoisotopic (exact) mass is 236 g/mol. The minimum atomic E-state index is -0.394. The van der Waals surface area contributed by atoms with Gasteiger partial charge in [-0.25, -0.2) is 4.79 Å². The third kappa shape index (κ3) is 4.71. The molecule has 0 aromatic carbocycles. The number of likely N-dealkylation sites (N-methyl/N-ethyl adjacent to an activating group) is 1. The average Bonchev–Trinajstić information content (AvgIpc) is 2.48. The number of hydrogen-bond donors (Lipinski definition) is 1. The van der Waals surface area contributed by atoms with Crippen LogP contribution in [0.1, 0.15) is 27.2 Å². The highest BCUT2D eigenvalue weighted by molar-refractivity contribution is 5.85. The Bertz CT molecular complexity index is 216. The molecule has 15 heavy (non-hydrogen) atoms. The van der Waals surface area contributed by atoms with E-state index in [1.54, 1.807) is 4.90 Å². The summed E-state index contributed by atoms with van der Waals surface area (Å²) in [6.45, 7) is 7.20. The van der Waals surface area contributed by atoms with E-state index >= 15 is 0 Å². The highest BCUT2D eigenvalue weighted by Gasteiger charge is 2.28. The molecular weight excluding hydrogens is 216 g/mol. The van der Waals surface area contributed by atoms with Crippen molar-refractivity contribution in [1.29, 1.82) is 0 Å². The van der Waals surface area contributed by atoms with Gasteiger partial charge in [-0.2, -0.15) is 0 Å². The number of rotatable bonds is 1. The molecule has 1 heterocycles. The number of nitrogens with one attached hydrogen (secondary N) is 1. The standard InChI is InChI=1S/C10H20N2O2.ClH/c1-10(2,3)14-9(13)12-6-5-8(7-12)11-4;/h8,11H,5-7H2,1-4H3;1H/t8-;/m1./s1. The molecule has 0 bridgehead atoms. The van der Waals surface area contributed by atoms with E-state index in [4.69, 9.17) is 4.74 Å². The van der Waals surface area contributed by atoms with E-state index in [-0.39, 0.29) is 18.5 Å². The maximum Gasteiger partial charge on any atom is 0.410 e. The second kappa shape index (κ2) is 5.56. The van der Waals surface area contributed by atoms with Gasteiger partial charge in [-0.05, 0) is 34.2 Å². The molecule has 1 aliphatic rings. The van der Waals surface area contributed by atoms with E-state index in [0.29, 0.717) is 6.04 Å². The molecule has 90 valence electrons. The summed E-state index contributed by atoms with van der Waals surface area (Å²) in [6, 6.07) is 0.419. The second-order valence-corrected chi connectivity index (χ2v) is 4.70. The van der Waals surface area contributed by atoms with Gasteiger partial charge in [-0.15, -0.1) is 12.4 Å². The molecule has 0 aliphatic carbocycles. The summed E-state index contributed by atoms with van der Waals surface area (Å²) in [5, 5.41) is 3.16. The van der Waals surface area contributed by atoms with E-state index in [9.17, 15) is 4.79 Å². The van der Waals surface area contributed by atoms with Crippen LogP contribution in [0.3, 0.4) is 0 Å². The van der Waals surface area contributed by atoms with Crippen molar-refractivity contribution in [2.45, 2.75) is 38.8 Å². The Hall–Kier alpha value is -0.480. The van der Waals surface area contributed by atoms with Crippen LogP contribution in [0, 0.1) is 0 Å². The first-order valence-corrected chi connectivity index (χ1v) is 5.07. The predicted molar refractivity (Wildman–Crippen MR) is 62.5 cm³/mol. The molecule has 0 aromatic heterocycles.